The zero-order valence-electron chi connectivity index (χ0n) is 12.3. The van der Waals surface area contributed by atoms with Gasteiger partial charge in [-0.15, -0.1) is 0 Å². The van der Waals surface area contributed by atoms with Crippen LogP contribution in [0.15, 0.2) is 12.4 Å². The Morgan fingerprint density at radius 1 is 1.45 bits per heavy atom. The first-order chi connectivity index (χ1) is 9.30. The molecule has 1 aromatic heterocycles. The molecule has 0 spiro atoms. The first-order valence-electron chi connectivity index (χ1n) is 6.78. The highest BCUT2D eigenvalue weighted by Gasteiger charge is 2.49. The van der Waals surface area contributed by atoms with Gasteiger partial charge < -0.3 is 15.2 Å². The van der Waals surface area contributed by atoms with E-state index in [9.17, 15) is 4.79 Å². The van der Waals surface area contributed by atoms with Crippen LogP contribution in [0.25, 0.3) is 0 Å². The van der Waals surface area contributed by atoms with Gasteiger partial charge in [-0.25, -0.2) is 14.8 Å². The summed E-state index contributed by atoms with van der Waals surface area (Å²) in [7, 11) is 0. The van der Waals surface area contributed by atoms with E-state index in [1.807, 2.05) is 13.8 Å². The number of carboxylic acid groups (broad SMARTS) is 1. The molecule has 1 saturated carbocycles. The predicted molar refractivity (Wildman–Crippen MR) is 74.8 cm³/mol. The van der Waals surface area contributed by atoms with E-state index in [-0.39, 0.29) is 29.4 Å². The Bertz CT molecular complexity index is 485. The average Bonchev–Trinajstić information content (AvgIpc) is 2.37. The van der Waals surface area contributed by atoms with Gasteiger partial charge >= 0.3 is 5.97 Å². The van der Waals surface area contributed by atoms with E-state index in [2.05, 4.69) is 29.1 Å². The first kappa shape index (κ1) is 14.7. The van der Waals surface area contributed by atoms with E-state index >= 15 is 0 Å². The lowest BCUT2D eigenvalue weighted by Crippen LogP contribution is -2.58. The molecule has 0 bridgehead atoms. The molecular formula is C14H21N3O3. The normalized spacial score (nSPS) is 24.2. The fourth-order valence-corrected chi connectivity index (χ4v) is 2.38. The molecule has 0 radical (unpaired) electrons. The summed E-state index contributed by atoms with van der Waals surface area (Å²) in [6, 6.07) is 0.247. The first-order valence-corrected chi connectivity index (χ1v) is 6.78. The Balaban J connectivity index is 1.96. The van der Waals surface area contributed by atoms with Crippen molar-refractivity contribution in [1.29, 1.82) is 0 Å². The Hall–Kier alpha value is -1.69. The SMILES string of the molecule is CC(C)OC1CC(Nc2cnc(C(=O)O)cn2)C1(C)C. The number of carboxylic acids is 1. The summed E-state index contributed by atoms with van der Waals surface area (Å²) < 4.78 is 5.87. The van der Waals surface area contributed by atoms with Crippen LogP contribution < -0.4 is 5.32 Å². The molecule has 1 fully saturated rings. The molecule has 0 aromatic carbocycles. The van der Waals surface area contributed by atoms with Crippen molar-refractivity contribution >= 4 is 11.8 Å². The van der Waals surface area contributed by atoms with Crippen molar-refractivity contribution in [2.75, 3.05) is 5.32 Å². The second kappa shape index (κ2) is 5.36. The molecule has 6 nitrogen and oxygen atoms in total. The van der Waals surface area contributed by atoms with Crippen LogP contribution in [0, 0.1) is 5.41 Å². The molecule has 0 amide bonds. The minimum Gasteiger partial charge on any atom is -0.476 e. The molecule has 110 valence electrons. The molecule has 0 saturated heterocycles. The topological polar surface area (TPSA) is 84.3 Å². The Labute approximate surface area is 118 Å². The van der Waals surface area contributed by atoms with Gasteiger partial charge in [0, 0.05) is 11.5 Å². The number of nitrogens with one attached hydrogen (secondary N) is 1. The number of rotatable bonds is 5. The summed E-state index contributed by atoms with van der Waals surface area (Å²) in [5, 5.41) is 12.1. The van der Waals surface area contributed by atoms with Gasteiger partial charge in [-0.1, -0.05) is 13.8 Å². The van der Waals surface area contributed by atoms with Crippen LogP contribution >= 0.6 is 0 Å². The second-order valence-corrected chi connectivity index (χ2v) is 6.02. The van der Waals surface area contributed by atoms with Crippen molar-refractivity contribution in [2.45, 2.75) is 52.4 Å². The molecule has 2 atom stereocenters. The number of aromatic nitrogens is 2. The average molecular weight is 279 g/mol. The van der Waals surface area contributed by atoms with Gasteiger partial charge in [0.05, 0.1) is 24.6 Å². The van der Waals surface area contributed by atoms with Crippen molar-refractivity contribution in [3.8, 4) is 0 Å². The molecule has 1 aliphatic rings. The fraction of sp³-hybridized carbons (Fsp3) is 0.643. The Morgan fingerprint density at radius 3 is 2.60 bits per heavy atom. The van der Waals surface area contributed by atoms with Crippen LogP contribution in [0.2, 0.25) is 0 Å². The molecule has 2 unspecified atom stereocenters. The molecule has 1 heterocycles. The number of carbonyl (C=O) groups is 1. The smallest absolute Gasteiger partial charge is 0.356 e. The fourth-order valence-electron chi connectivity index (χ4n) is 2.38. The zero-order valence-corrected chi connectivity index (χ0v) is 12.3. The maximum atomic E-state index is 10.7. The van der Waals surface area contributed by atoms with E-state index in [0.29, 0.717) is 5.82 Å². The number of hydrogen-bond donors (Lipinski definition) is 2. The van der Waals surface area contributed by atoms with E-state index in [0.717, 1.165) is 6.42 Å². The van der Waals surface area contributed by atoms with E-state index in [4.69, 9.17) is 9.84 Å². The standard InChI is InChI=1S/C14H21N3O3/c1-8(2)20-11-5-10(14(11,3)4)17-12-7-15-9(6-16-12)13(18)19/h6-8,10-11H,5H2,1-4H3,(H,16,17)(H,18,19). The highest BCUT2D eigenvalue weighted by atomic mass is 16.5. The van der Waals surface area contributed by atoms with Crippen molar-refractivity contribution < 1.29 is 14.6 Å². The van der Waals surface area contributed by atoms with Gasteiger partial charge in [-0.2, -0.15) is 0 Å². The van der Waals surface area contributed by atoms with Crippen LogP contribution in [0.1, 0.15) is 44.6 Å². The third-order valence-corrected chi connectivity index (χ3v) is 3.81. The van der Waals surface area contributed by atoms with Gasteiger partial charge in [-0.3, -0.25) is 0 Å². The van der Waals surface area contributed by atoms with Gasteiger partial charge in [0.15, 0.2) is 5.69 Å². The van der Waals surface area contributed by atoms with Gasteiger partial charge in [0.2, 0.25) is 0 Å². The number of hydrogen-bond acceptors (Lipinski definition) is 5. The maximum Gasteiger partial charge on any atom is 0.356 e. The number of aromatic carboxylic acids is 1. The molecule has 6 heteroatoms. The Morgan fingerprint density at radius 2 is 2.15 bits per heavy atom. The number of nitrogens with zero attached hydrogens (tertiary/aromatic N) is 2. The van der Waals surface area contributed by atoms with Crippen LogP contribution in [-0.4, -0.2) is 39.3 Å². The second-order valence-electron chi connectivity index (χ2n) is 6.02. The van der Waals surface area contributed by atoms with E-state index < -0.39 is 5.97 Å². The summed E-state index contributed by atoms with van der Waals surface area (Å²) in [5.41, 5.74) is -0.0401. The maximum absolute atomic E-state index is 10.7. The molecule has 1 aliphatic carbocycles. The molecule has 20 heavy (non-hydrogen) atoms. The third kappa shape index (κ3) is 2.90. The molecular weight excluding hydrogens is 258 g/mol. The summed E-state index contributed by atoms with van der Waals surface area (Å²) in [5.74, 6) is -0.477. The lowest BCUT2D eigenvalue weighted by atomic mass is 9.64. The van der Waals surface area contributed by atoms with Crippen molar-refractivity contribution in [3.05, 3.63) is 18.1 Å². The lowest BCUT2D eigenvalue weighted by Gasteiger charge is -2.52. The van der Waals surface area contributed by atoms with Crippen molar-refractivity contribution in [1.82, 2.24) is 9.97 Å². The highest BCUT2D eigenvalue weighted by Crippen LogP contribution is 2.44. The van der Waals surface area contributed by atoms with Crippen LogP contribution in [0.4, 0.5) is 5.82 Å². The van der Waals surface area contributed by atoms with Crippen molar-refractivity contribution in [3.63, 3.8) is 0 Å². The third-order valence-electron chi connectivity index (χ3n) is 3.81. The summed E-state index contributed by atoms with van der Waals surface area (Å²) >= 11 is 0. The summed E-state index contributed by atoms with van der Waals surface area (Å²) in [6.45, 7) is 8.38. The number of anilines is 1. The Kier molecular flexibility index (Phi) is 3.94. The van der Waals surface area contributed by atoms with Gasteiger partial charge in [0.25, 0.3) is 0 Å². The lowest BCUT2D eigenvalue weighted by molar-refractivity contribution is -0.125. The van der Waals surface area contributed by atoms with Gasteiger partial charge in [0.1, 0.15) is 5.82 Å². The molecule has 1 aromatic rings. The quantitative estimate of drug-likeness (QED) is 0.859. The minimum absolute atomic E-state index is 0.0113. The summed E-state index contributed by atoms with van der Waals surface area (Å²) in [4.78, 5) is 18.6. The minimum atomic E-state index is -1.07. The summed E-state index contributed by atoms with van der Waals surface area (Å²) in [6.07, 6.45) is 4.07. The van der Waals surface area contributed by atoms with Crippen LogP contribution in [0.3, 0.4) is 0 Å². The predicted octanol–water partition coefficient (Wildman–Crippen LogP) is 2.18. The molecule has 0 aliphatic heterocycles. The van der Waals surface area contributed by atoms with Gasteiger partial charge in [-0.05, 0) is 20.3 Å². The van der Waals surface area contributed by atoms with Crippen molar-refractivity contribution in [2.24, 2.45) is 5.41 Å². The highest BCUT2D eigenvalue weighted by molar-refractivity contribution is 5.84. The van der Waals surface area contributed by atoms with Crippen LogP contribution in [0.5, 0.6) is 0 Å². The molecule has 2 N–H and O–H groups in total. The monoisotopic (exact) mass is 279 g/mol. The largest absolute Gasteiger partial charge is 0.476 e. The van der Waals surface area contributed by atoms with E-state index in [1.165, 1.54) is 12.4 Å². The van der Waals surface area contributed by atoms with Crippen LogP contribution in [-0.2, 0) is 4.74 Å². The van der Waals surface area contributed by atoms with E-state index in [1.54, 1.807) is 0 Å². The zero-order chi connectivity index (χ0) is 14.9. The number of ether oxygens (including phenoxy) is 1. The molecule has 2 rings (SSSR count).